The van der Waals surface area contributed by atoms with Gasteiger partial charge in [-0.25, -0.2) is 8.42 Å². The Kier molecular flexibility index (Phi) is 3.96. The molecule has 1 aliphatic heterocycles. The average Bonchev–Trinajstić information content (AvgIpc) is 2.85. The molecule has 3 atom stereocenters. The van der Waals surface area contributed by atoms with Crippen LogP contribution in [0.2, 0.25) is 0 Å². The van der Waals surface area contributed by atoms with Crippen LogP contribution in [0.25, 0.3) is 0 Å². The molecule has 1 heterocycles. The molecule has 2 aliphatic rings. The second kappa shape index (κ2) is 5.17. The van der Waals surface area contributed by atoms with E-state index < -0.39 is 21.8 Å². The highest BCUT2D eigenvalue weighted by Gasteiger charge is 2.47. The molecule has 1 saturated carbocycles. The maximum absolute atomic E-state index is 11.5. The first-order chi connectivity index (χ1) is 8.44. The first-order valence-electron chi connectivity index (χ1n) is 6.62. The summed E-state index contributed by atoms with van der Waals surface area (Å²) in [5.41, 5.74) is 0. The molecule has 0 aromatic rings. The maximum atomic E-state index is 11.5. The molecule has 0 spiro atoms. The zero-order chi connectivity index (χ0) is 13.3. The van der Waals surface area contributed by atoms with Crippen molar-refractivity contribution in [2.45, 2.75) is 32.2 Å². The molecule has 1 N–H and O–H groups in total. The summed E-state index contributed by atoms with van der Waals surface area (Å²) >= 11 is 0. The van der Waals surface area contributed by atoms with Crippen molar-refractivity contribution in [1.29, 1.82) is 0 Å². The lowest BCUT2D eigenvalue weighted by Crippen LogP contribution is -2.41. The molecule has 6 heteroatoms. The molecule has 2 rings (SSSR count). The number of rotatable bonds is 5. The topological polar surface area (TPSA) is 74.7 Å². The molecule has 0 amide bonds. The molecule has 0 aromatic carbocycles. The molecular formula is C12H21NO4S. The number of hydrogen-bond donors (Lipinski definition) is 1. The fourth-order valence-electron chi connectivity index (χ4n) is 3.36. The Labute approximate surface area is 108 Å². The highest BCUT2D eigenvalue weighted by Crippen LogP contribution is 2.42. The Morgan fingerprint density at radius 1 is 1.39 bits per heavy atom. The summed E-state index contributed by atoms with van der Waals surface area (Å²) in [6, 6.07) is -0.468. The quantitative estimate of drug-likeness (QED) is 0.795. The lowest BCUT2D eigenvalue weighted by molar-refractivity contribution is -0.143. The van der Waals surface area contributed by atoms with E-state index in [1.807, 2.05) is 4.90 Å². The minimum atomic E-state index is -3.01. The number of carboxylic acids is 1. The van der Waals surface area contributed by atoms with Gasteiger partial charge in [-0.2, -0.15) is 0 Å². The second-order valence-corrected chi connectivity index (χ2v) is 7.84. The van der Waals surface area contributed by atoms with Crippen LogP contribution in [0.5, 0.6) is 0 Å². The smallest absolute Gasteiger partial charge is 0.321 e. The molecule has 0 bridgehead atoms. The van der Waals surface area contributed by atoms with Gasteiger partial charge in [-0.1, -0.05) is 13.3 Å². The van der Waals surface area contributed by atoms with Crippen molar-refractivity contribution >= 4 is 15.8 Å². The van der Waals surface area contributed by atoms with Gasteiger partial charge in [0.2, 0.25) is 0 Å². The van der Waals surface area contributed by atoms with Gasteiger partial charge in [-0.3, -0.25) is 9.69 Å². The van der Waals surface area contributed by atoms with Crippen LogP contribution >= 0.6 is 0 Å². The van der Waals surface area contributed by atoms with Gasteiger partial charge in [0.25, 0.3) is 0 Å². The summed E-state index contributed by atoms with van der Waals surface area (Å²) in [4.78, 5) is 13.2. The number of fused-ring (bicyclic) bond motifs is 1. The first-order valence-corrected chi connectivity index (χ1v) is 8.44. The summed E-state index contributed by atoms with van der Waals surface area (Å²) in [5, 5.41) is 9.33. The van der Waals surface area contributed by atoms with Crippen molar-refractivity contribution in [3.63, 3.8) is 0 Å². The third-order valence-electron chi connectivity index (χ3n) is 4.37. The van der Waals surface area contributed by atoms with Crippen molar-refractivity contribution in [2.75, 3.05) is 24.6 Å². The molecule has 104 valence electrons. The number of hydrogen-bond acceptors (Lipinski definition) is 4. The third-order valence-corrected chi connectivity index (χ3v) is 6.05. The van der Waals surface area contributed by atoms with Crippen molar-refractivity contribution in [3.8, 4) is 0 Å². The molecule has 2 fully saturated rings. The number of nitrogens with zero attached hydrogens (tertiary/aromatic N) is 1. The van der Waals surface area contributed by atoms with Gasteiger partial charge < -0.3 is 5.11 Å². The molecule has 5 nitrogen and oxygen atoms in total. The minimum Gasteiger partial charge on any atom is -0.480 e. The zero-order valence-electron chi connectivity index (χ0n) is 10.7. The maximum Gasteiger partial charge on any atom is 0.321 e. The molecule has 3 unspecified atom stereocenters. The summed E-state index contributed by atoms with van der Waals surface area (Å²) in [6.07, 6.45) is 3.17. The highest BCUT2D eigenvalue weighted by molar-refractivity contribution is 7.91. The van der Waals surface area contributed by atoms with Crippen molar-refractivity contribution < 1.29 is 18.3 Å². The SMILES string of the molecule is CCS(=O)(=O)CCN1CC2CCCC2C1C(=O)O. The number of carbonyl (C=O) groups is 1. The van der Waals surface area contributed by atoms with Gasteiger partial charge in [0.1, 0.15) is 6.04 Å². The van der Waals surface area contributed by atoms with Gasteiger partial charge in [0, 0.05) is 18.8 Å². The summed E-state index contributed by atoms with van der Waals surface area (Å²) in [5.74, 6) is 0.0959. The van der Waals surface area contributed by atoms with Gasteiger partial charge >= 0.3 is 5.97 Å². The summed E-state index contributed by atoms with van der Waals surface area (Å²) in [6.45, 7) is 2.74. The van der Waals surface area contributed by atoms with Crippen LogP contribution in [-0.2, 0) is 14.6 Å². The molecule has 1 saturated heterocycles. The normalized spacial score (nSPS) is 32.6. The Balaban J connectivity index is 2.02. The van der Waals surface area contributed by atoms with E-state index in [0.29, 0.717) is 12.5 Å². The van der Waals surface area contributed by atoms with E-state index >= 15 is 0 Å². The van der Waals surface area contributed by atoms with E-state index in [4.69, 9.17) is 0 Å². The molecule has 0 radical (unpaired) electrons. The fraction of sp³-hybridized carbons (Fsp3) is 0.917. The van der Waals surface area contributed by atoms with Crippen LogP contribution in [-0.4, -0.2) is 55.0 Å². The Morgan fingerprint density at radius 2 is 2.11 bits per heavy atom. The van der Waals surface area contributed by atoms with Crippen molar-refractivity contribution in [3.05, 3.63) is 0 Å². The lowest BCUT2D eigenvalue weighted by Gasteiger charge is -2.23. The predicted octanol–water partition coefficient (Wildman–Crippen LogP) is 0.606. The van der Waals surface area contributed by atoms with Gasteiger partial charge in [0.15, 0.2) is 9.84 Å². The molecule has 0 aromatic heterocycles. The van der Waals surface area contributed by atoms with Crippen LogP contribution in [0.4, 0.5) is 0 Å². The Bertz CT molecular complexity index is 420. The van der Waals surface area contributed by atoms with E-state index in [9.17, 15) is 18.3 Å². The van der Waals surface area contributed by atoms with E-state index in [1.54, 1.807) is 6.92 Å². The number of carboxylic acid groups (broad SMARTS) is 1. The van der Waals surface area contributed by atoms with E-state index in [1.165, 1.54) is 0 Å². The highest BCUT2D eigenvalue weighted by atomic mass is 32.2. The molecule has 18 heavy (non-hydrogen) atoms. The van der Waals surface area contributed by atoms with Gasteiger partial charge in [-0.05, 0) is 24.7 Å². The van der Waals surface area contributed by atoms with E-state index in [0.717, 1.165) is 25.8 Å². The van der Waals surface area contributed by atoms with Crippen LogP contribution in [0.15, 0.2) is 0 Å². The minimum absolute atomic E-state index is 0.0761. The first kappa shape index (κ1) is 13.8. The van der Waals surface area contributed by atoms with Crippen LogP contribution in [0.1, 0.15) is 26.2 Å². The standard InChI is InChI=1S/C12H21NO4S/c1-2-18(16,17)7-6-13-8-9-4-3-5-10(9)11(13)12(14)15/h9-11H,2-8H2,1H3,(H,14,15). The van der Waals surface area contributed by atoms with E-state index in [2.05, 4.69) is 0 Å². The fourth-order valence-corrected chi connectivity index (χ4v) is 4.17. The average molecular weight is 275 g/mol. The van der Waals surface area contributed by atoms with Crippen LogP contribution < -0.4 is 0 Å². The largest absolute Gasteiger partial charge is 0.480 e. The predicted molar refractivity (Wildman–Crippen MR) is 68.2 cm³/mol. The van der Waals surface area contributed by atoms with Crippen molar-refractivity contribution in [1.82, 2.24) is 4.90 Å². The zero-order valence-corrected chi connectivity index (χ0v) is 11.5. The van der Waals surface area contributed by atoms with E-state index in [-0.39, 0.29) is 17.4 Å². The Hall–Kier alpha value is -0.620. The molecular weight excluding hydrogens is 254 g/mol. The Morgan fingerprint density at radius 3 is 2.72 bits per heavy atom. The second-order valence-electron chi connectivity index (χ2n) is 5.37. The lowest BCUT2D eigenvalue weighted by atomic mass is 9.94. The van der Waals surface area contributed by atoms with Crippen molar-refractivity contribution in [2.24, 2.45) is 11.8 Å². The van der Waals surface area contributed by atoms with Crippen LogP contribution in [0.3, 0.4) is 0 Å². The number of aliphatic carboxylic acids is 1. The number of sulfone groups is 1. The van der Waals surface area contributed by atoms with Crippen LogP contribution in [0, 0.1) is 11.8 Å². The van der Waals surface area contributed by atoms with Gasteiger partial charge in [0.05, 0.1) is 5.75 Å². The summed E-state index contributed by atoms with van der Waals surface area (Å²) in [7, 11) is -3.01. The summed E-state index contributed by atoms with van der Waals surface area (Å²) < 4.78 is 23.0. The molecule has 1 aliphatic carbocycles. The third kappa shape index (κ3) is 2.69. The monoisotopic (exact) mass is 275 g/mol. The number of likely N-dealkylation sites (tertiary alicyclic amines) is 1. The van der Waals surface area contributed by atoms with Gasteiger partial charge in [-0.15, -0.1) is 0 Å².